The molecule has 7 nitrogen and oxygen atoms in total. The fourth-order valence-electron chi connectivity index (χ4n) is 2.92. The predicted molar refractivity (Wildman–Crippen MR) is 148 cm³/mol. The number of carbonyl (C=O) groups excluding carboxylic acids is 2. The van der Waals surface area contributed by atoms with Crippen LogP contribution in [-0.2, 0) is 11.2 Å². The van der Waals surface area contributed by atoms with Gasteiger partial charge in [0, 0.05) is 17.0 Å². The van der Waals surface area contributed by atoms with Crippen molar-refractivity contribution < 1.29 is 19.1 Å². The number of halogens is 3. The van der Waals surface area contributed by atoms with E-state index in [1.54, 1.807) is 30.3 Å². The van der Waals surface area contributed by atoms with Crippen molar-refractivity contribution in [3.8, 4) is 11.5 Å². The third-order valence-corrected chi connectivity index (χ3v) is 6.13. The van der Waals surface area contributed by atoms with Gasteiger partial charge >= 0.3 is 0 Å². The monoisotopic (exact) mass is 609 g/mol. The van der Waals surface area contributed by atoms with E-state index in [0.717, 1.165) is 6.42 Å². The average molecular weight is 611 g/mol. The maximum Gasteiger partial charge on any atom is 0.279 e. The molecule has 36 heavy (non-hydrogen) atoms. The van der Waals surface area contributed by atoms with E-state index in [9.17, 15) is 9.59 Å². The van der Waals surface area contributed by atoms with Crippen LogP contribution in [0.15, 0.2) is 71.2 Å². The molecule has 0 heterocycles. The molecule has 3 aromatic rings. The van der Waals surface area contributed by atoms with Crippen molar-refractivity contribution in [3.05, 3.63) is 92.4 Å². The Labute approximate surface area is 232 Å². The van der Waals surface area contributed by atoms with Crippen LogP contribution in [0.1, 0.15) is 22.8 Å². The molecular weight excluding hydrogens is 589 g/mol. The lowest BCUT2D eigenvalue weighted by atomic mass is 10.2. The zero-order valence-electron chi connectivity index (χ0n) is 19.0. The molecule has 0 spiro atoms. The SMILES string of the molecule is CC(Oc1ccc(Cl)cc1Cl)C(=O)NNC(=S)NC(=O)c1ccc(OCCc2ccccc2)c(Br)c1. The Balaban J connectivity index is 1.44. The van der Waals surface area contributed by atoms with Crippen molar-refractivity contribution in [2.24, 2.45) is 0 Å². The highest BCUT2D eigenvalue weighted by Crippen LogP contribution is 2.28. The molecule has 0 saturated carbocycles. The van der Waals surface area contributed by atoms with E-state index >= 15 is 0 Å². The van der Waals surface area contributed by atoms with E-state index in [2.05, 4.69) is 32.1 Å². The number of ether oxygens (including phenoxy) is 2. The number of hydrogen-bond donors (Lipinski definition) is 3. The number of hydrazine groups is 1. The maximum atomic E-state index is 12.5. The van der Waals surface area contributed by atoms with Gasteiger partial charge in [0.05, 0.1) is 16.1 Å². The van der Waals surface area contributed by atoms with E-state index in [-0.39, 0.29) is 10.1 Å². The molecule has 188 valence electrons. The second-order valence-corrected chi connectivity index (χ2v) is 9.57. The van der Waals surface area contributed by atoms with E-state index in [1.807, 2.05) is 30.3 Å². The topological polar surface area (TPSA) is 88.7 Å². The third-order valence-electron chi connectivity index (χ3n) is 4.78. The zero-order valence-corrected chi connectivity index (χ0v) is 22.9. The van der Waals surface area contributed by atoms with E-state index in [4.69, 9.17) is 44.9 Å². The van der Waals surface area contributed by atoms with E-state index in [0.29, 0.717) is 33.2 Å². The van der Waals surface area contributed by atoms with Gasteiger partial charge in [-0.2, -0.15) is 0 Å². The van der Waals surface area contributed by atoms with Gasteiger partial charge < -0.3 is 9.47 Å². The van der Waals surface area contributed by atoms with Crippen molar-refractivity contribution in [2.45, 2.75) is 19.4 Å². The molecule has 1 unspecified atom stereocenters. The molecule has 3 N–H and O–H groups in total. The molecule has 0 aliphatic heterocycles. The molecule has 11 heteroatoms. The summed E-state index contributed by atoms with van der Waals surface area (Å²) in [6, 6.07) is 19.6. The van der Waals surface area contributed by atoms with Crippen LogP contribution in [0, 0.1) is 0 Å². The van der Waals surface area contributed by atoms with Crippen LogP contribution in [0.5, 0.6) is 11.5 Å². The average Bonchev–Trinajstić information content (AvgIpc) is 2.85. The van der Waals surface area contributed by atoms with Crippen molar-refractivity contribution in [1.82, 2.24) is 16.2 Å². The first-order chi connectivity index (χ1) is 17.2. The first kappa shape index (κ1) is 27.7. The number of carbonyl (C=O) groups is 2. The lowest BCUT2D eigenvalue weighted by Gasteiger charge is -2.17. The largest absolute Gasteiger partial charge is 0.492 e. The predicted octanol–water partition coefficient (Wildman–Crippen LogP) is 5.48. The Bertz CT molecular complexity index is 1250. The minimum Gasteiger partial charge on any atom is -0.492 e. The van der Waals surface area contributed by atoms with Crippen LogP contribution in [0.4, 0.5) is 0 Å². The first-order valence-electron chi connectivity index (χ1n) is 10.7. The van der Waals surface area contributed by atoms with E-state index < -0.39 is 17.9 Å². The van der Waals surface area contributed by atoms with Crippen molar-refractivity contribution in [2.75, 3.05) is 6.61 Å². The quantitative estimate of drug-likeness (QED) is 0.231. The summed E-state index contributed by atoms with van der Waals surface area (Å²) < 4.78 is 12.0. The summed E-state index contributed by atoms with van der Waals surface area (Å²) >= 11 is 20.4. The van der Waals surface area contributed by atoms with Crippen LogP contribution in [0.3, 0.4) is 0 Å². The lowest BCUT2D eigenvalue weighted by Crippen LogP contribution is -2.51. The number of hydrogen-bond acceptors (Lipinski definition) is 5. The standard InChI is InChI=1S/C25H22BrCl2N3O4S/c1-15(35-22-10-8-18(27)14-20(22)28)23(32)30-31-25(36)29-24(33)17-7-9-21(19(26)13-17)34-12-11-16-5-3-2-4-6-16/h2-10,13-15H,11-12H2,1H3,(H,30,32)(H2,29,31,33,36). The molecular formula is C25H22BrCl2N3O4S. The second kappa shape index (κ2) is 13.5. The summed E-state index contributed by atoms with van der Waals surface area (Å²) in [6.07, 6.45) is -0.141. The number of thiocarbonyl (C=S) groups is 1. The summed E-state index contributed by atoms with van der Waals surface area (Å²) in [4.78, 5) is 24.8. The highest BCUT2D eigenvalue weighted by atomic mass is 79.9. The van der Waals surface area contributed by atoms with Gasteiger partial charge in [-0.25, -0.2) is 0 Å². The van der Waals surface area contributed by atoms with Crippen LogP contribution in [0.25, 0.3) is 0 Å². The molecule has 3 aromatic carbocycles. The van der Waals surface area contributed by atoms with Gasteiger partial charge in [-0.15, -0.1) is 0 Å². The normalized spacial score (nSPS) is 11.2. The van der Waals surface area contributed by atoms with Gasteiger partial charge in [0.2, 0.25) is 0 Å². The molecule has 3 rings (SSSR count). The fourth-order valence-corrected chi connectivity index (χ4v) is 4.01. The molecule has 0 radical (unpaired) electrons. The summed E-state index contributed by atoms with van der Waals surface area (Å²) in [5, 5.41) is 3.13. The molecule has 2 amide bonds. The number of nitrogens with one attached hydrogen (secondary N) is 3. The minimum atomic E-state index is -0.903. The molecule has 0 aromatic heterocycles. The van der Waals surface area contributed by atoms with Crippen LogP contribution < -0.4 is 25.6 Å². The maximum absolute atomic E-state index is 12.5. The number of rotatable bonds is 8. The Morgan fingerprint density at radius 2 is 1.72 bits per heavy atom. The third kappa shape index (κ3) is 8.37. The van der Waals surface area contributed by atoms with Gasteiger partial charge in [-0.05, 0) is 77.0 Å². The van der Waals surface area contributed by atoms with E-state index in [1.165, 1.54) is 18.6 Å². The Kier molecular flexibility index (Phi) is 10.4. The van der Waals surface area contributed by atoms with Gasteiger partial charge in [0.25, 0.3) is 11.8 Å². The molecule has 1 atom stereocenters. The first-order valence-corrected chi connectivity index (χ1v) is 12.7. The molecule has 0 aliphatic carbocycles. The Hall–Kier alpha value is -2.85. The summed E-state index contributed by atoms with van der Waals surface area (Å²) in [6.45, 7) is 2.03. The molecule has 0 fully saturated rings. The number of amides is 2. The number of benzene rings is 3. The second-order valence-electron chi connectivity index (χ2n) is 7.46. The summed E-state index contributed by atoms with van der Waals surface area (Å²) in [5.74, 6) is -0.0733. The molecule has 0 aliphatic rings. The zero-order chi connectivity index (χ0) is 26.1. The molecule has 0 saturated heterocycles. The van der Waals surface area contributed by atoms with Gasteiger partial charge in [-0.3, -0.25) is 25.8 Å². The van der Waals surface area contributed by atoms with Crippen LogP contribution in [0.2, 0.25) is 10.0 Å². The Morgan fingerprint density at radius 3 is 2.42 bits per heavy atom. The van der Waals surface area contributed by atoms with Gasteiger partial charge in [0.15, 0.2) is 11.2 Å². The smallest absolute Gasteiger partial charge is 0.279 e. The van der Waals surface area contributed by atoms with Crippen LogP contribution >= 0.6 is 51.3 Å². The Morgan fingerprint density at radius 1 is 1.00 bits per heavy atom. The lowest BCUT2D eigenvalue weighted by molar-refractivity contribution is -0.127. The highest BCUT2D eigenvalue weighted by molar-refractivity contribution is 9.10. The van der Waals surface area contributed by atoms with Crippen molar-refractivity contribution >= 4 is 68.3 Å². The fraction of sp³-hybridized carbons (Fsp3) is 0.160. The summed E-state index contributed by atoms with van der Waals surface area (Å²) in [7, 11) is 0. The molecule has 0 bridgehead atoms. The van der Waals surface area contributed by atoms with Crippen molar-refractivity contribution in [1.29, 1.82) is 0 Å². The van der Waals surface area contributed by atoms with Gasteiger partial charge in [-0.1, -0.05) is 53.5 Å². The highest BCUT2D eigenvalue weighted by Gasteiger charge is 2.17. The van der Waals surface area contributed by atoms with Crippen molar-refractivity contribution in [3.63, 3.8) is 0 Å². The van der Waals surface area contributed by atoms with Crippen LogP contribution in [-0.4, -0.2) is 29.6 Å². The summed E-state index contributed by atoms with van der Waals surface area (Å²) in [5.41, 5.74) is 6.37. The minimum absolute atomic E-state index is 0.0932. The van der Waals surface area contributed by atoms with Gasteiger partial charge in [0.1, 0.15) is 11.5 Å².